The average Bonchev–Trinajstić information content (AvgIpc) is 2.71. The summed E-state index contributed by atoms with van der Waals surface area (Å²) in [5.41, 5.74) is 1.11. The Hall–Kier alpha value is -2.86. The fourth-order valence-electron chi connectivity index (χ4n) is 2.94. The number of carboxylic acids is 1. The molecule has 0 aliphatic rings. The molecule has 0 heterocycles. The van der Waals surface area contributed by atoms with Gasteiger partial charge in [0.25, 0.3) is 5.91 Å². The Labute approximate surface area is 175 Å². The summed E-state index contributed by atoms with van der Waals surface area (Å²) < 4.78 is 0. The highest BCUT2D eigenvalue weighted by molar-refractivity contribution is 6.33. The Bertz CT molecular complexity index is 857. The van der Waals surface area contributed by atoms with E-state index in [1.807, 2.05) is 30.3 Å². The minimum atomic E-state index is -0.956. The Kier molecular flexibility index (Phi) is 8.21. The summed E-state index contributed by atoms with van der Waals surface area (Å²) in [5.74, 6) is -2.23. The minimum Gasteiger partial charge on any atom is -0.481 e. The van der Waals surface area contributed by atoms with Crippen molar-refractivity contribution in [2.75, 3.05) is 13.1 Å². The maximum absolute atomic E-state index is 12.9. The van der Waals surface area contributed by atoms with E-state index in [1.54, 1.807) is 38.1 Å². The van der Waals surface area contributed by atoms with Crippen molar-refractivity contribution < 1.29 is 19.5 Å². The molecule has 0 aromatic heterocycles. The van der Waals surface area contributed by atoms with Gasteiger partial charge in [-0.2, -0.15) is 0 Å². The minimum absolute atomic E-state index is 0.0143. The third-order valence-electron chi connectivity index (χ3n) is 4.65. The lowest BCUT2D eigenvalue weighted by atomic mass is 10.0. The van der Waals surface area contributed by atoms with Crippen LogP contribution in [0.3, 0.4) is 0 Å². The number of carboxylic acid groups (broad SMARTS) is 1. The zero-order chi connectivity index (χ0) is 21.4. The monoisotopic (exact) mass is 416 g/mol. The van der Waals surface area contributed by atoms with Gasteiger partial charge in [-0.05, 0) is 24.6 Å². The van der Waals surface area contributed by atoms with Crippen LogP contribution in [0.25, 0.3) is 0 Å². The molecule has 2 aromatic carbocycles. The number of hydrogen-bond acceptors (Lipinski definition) is 3. The van der Waals surface area contributed by atoms with E-state index in [-0.39, 0.29) is 24.8 Å². The van der Waals surface area contributed by atoms with Crippen molar-refractivity contribution >= 4 is 29.4 Å². The maximum atomic E-state index is 12.9. The molecule has 0 spiro atoms. The summed E-state index contributed by atoms with van der Waals surface area (Å²) >= 11 is 6.12. The van der Waals surface area contributed by atoms with E-state index in [0.29, 0.717) is 17.1 Å². The van der Waals surface area contributed by atoms with Gasteiger partial charge in [0.05, 0.1) is 29.0 Å². The van der Waals surface area contributed by atoms with Crippen LogP contribution in [0.5, 0.6) is 0 Å². The molecule has 6 nitrogen and oxygen atoms in total. The van der Waals surface area contributed by atoms with Crippen molar-refractivity contribution in [1.82, 2.24) is 10.2 Å². The third kappa shape index (κ3) is 6.32. The summed E-state index contributed by atoms with van der Waals surface area (Å²) in [6.07, 6.45) is 0.0143. The molecule has 0 saturated carbocycles. The molecule has 154 valence electrons. The largest absolute Gasteiger partial charge is 0.481 e. The number of carbonyl (C=O) groups is 3. The van der Waals surface area contributed by atoms with Gasteiger partial charge in [-0.25, -0.2) is 0 Å². The van der Waals surface area contributed by atoms with Gasteiger partial charge in [0.2, 0.25) is 5.91 Å². The van der Waals surface area contributed by atoms with Crippen molar-refractivity contribution in [3.63, 3.8) is 0 Å². The first-order chi connectivity index (χ1) is 13.8. The molecule has 0 fully saturated rings. The van der Waals surface area contributed by atoms with Crippen molar-refractivity contribution in [3.8, 4) is 0 Å². The fraction of sp³-hybridized carbons (Fsp3) is 0.318. The van der Waals surface area contributed by atoms with Gasteiger partial charge in [-0.15, -0.1) is 0 Å². The second-order valence-corrected chi connectivity index (χ2v) is 7.20. The first-order valence-electron chi connectivity index (χ1n) is 9.44. The van der Waals surface area contributed by atoms with Gasteiger partial charge in [-0.1, -0.05) is 61.0 Å². The van der Waals surface area contributed by atoms with Gasteiger partial charge in [0, 0.05) is 13.1 Å². The molecule has 0 bridgehead atoms. The molecule has 2 atom stereocenters. The second kappa shape index (κ2) is 10.6. The molecule has 2 amide bonds. The zero-order valence-corrected chi connectivity index (χ0v) is 17.2. The lowest BCUT2D eigenvalue weighted by molar-refractivity contribution is -0.143. The smallest absolute Gasteiger partial charge is 0.308 e. The number of nitrogens with zero attached hydrogens (tertiary/aromatic N) is 1. The Morgan fingerprint density at radius 3 is 2.28 bits per heavy atom. The molecule has 7 heteroatoms. The van der Waals surface area contributed by atoms with Crippen molar-refractivity contribution in [3.05, 3.63) is 70.7 Å². The summed E-state index contributed by atoms with van der Waals surface area (Å²) in [7, 11) is 0. The molecule has 2 unspecified atom stereocenters. The number of amides is 2. The molecular formula is C22H25ClN2O4. The predicted octanol–water partition coefficient (Wildman–Crippen LogP) is 3.77. The Morgan fingerprint density at radius 2 is 1.69 bits per heavy atom. The van der Waals surface area contributed by atoms with Crippen LogP contribution in [0.4, 0.5) is 0 Å². The highest BCUT2D eigenvalue weighted by Crippen LogP contribution is 2.21. The third-order valence-corrected chi connectivity index (χ3v) is 4.98. The highest BCUT2D eigenvalue weighted by Gasteiger charge is 2.25. The van der Waals surface area contributed by atoms with E-state index in [2.05, 4.69) is 5.32 Å². The molecule has 2 rings (SSSR count). The van der Waals surface area contributed by atoms with E-state index in [1.165, 1.54) is 4.90 Å². The van der Waals surface area contributed by atoms with Crippen molar-refractivity contribution in [2.24, 2.45) is 5.92 Å². The second-order valence-electron chi connectivity index (χ2n) is 6.79. The van der Waals surface area contributed by atoms with Gasteiger partial charge in [0.1, 0.15) is 0 Å². The summed E-state index contributed by atoms with van der Waals surface area (Å²) in [6, 6.07) is 15.3. The number of benzene rings is 2. The number of hydrogen-bond donors (Lipinski definition) is 2. The Balaban J connectivity index is 2.20. The molecule has 0 saturated heterocycles. The quantitative estimate of drug-likeness (QED) is 0.651. The van der Waals surface area contributed by atoms with E-state index in [4.69, 9.17) is 16.7 Å². The molecule has 29 heavy (non-hydrogen) atoms. The van der Waals surface area contributed by atoms with Crippen LogP contribution in [0.15, 0.2) is 54.6 Å². The highest BCUT2D eigenvalue weighted by atomic mass is 35.5. The summed E-state index contributed by atoms with van der Waals surface area (Å²) in [5, 5.41) is 12.3. The van der Waals surface area contributed by atoms with Crippen LogP contribution in [0.2, 0.25) is 5.02 Å². The topological polar surface area (TPSA) is 86.7 Å². The zero-order valence-electron chi connectivity index (χ0n) is 16.5. The van der Waals surface area contributed by atoms with Crippen LogP contribution in [0.1, 0.15) is 42.2 Å². The number of rotatable bonds is 9. The van der Waals surface area contributed by atoms with Crippen LogP contribution in [0, 0.1) is 5.92 Å². The van der Waals surface area contributed by atoms with E-state index in [9.17, 15) is 14.4 Å². The molecule has 0 aliphatic carbocycles. The van der Waals surface area contributed by atoms with Crippen LogP contribution in [-0.4, -0.2) is 40.9 Å². The summed E-state index contributed by atoms with van der Waals surface area (Å²) in [4.78, 5) is 38.2. The molecule has 0 aliphatic heterocycles. The van der Waals surface area contributed by atoms with Gasteiger partial charge in [-0.3, -0.25) is 14.4 Å². The first kappa shape index (κ1) is 22.4. The van der Waals surface area contributed by atoms with E-state index in [0.717, 1.165) is 5.56 Å². The number of halogens is 1. The normalized spacial score (nSPS) is 12.7. The SMILES string of the molecule is CCN(CC(C)C(=O)O)C(=O)CC(NC(=O)c1ccccc1Cl)c1ccccc1. The lowest BCUT2D eigenvalue weighted by Crippen LogP contribution is -2.39. The van der Waals surface area contributed by atoms with Gasteiger partial charge in [0.15, 0.2) is 0 Å². The fourth-order valence-corrected chi connectivity index (χ4v) is 3.16. The number of nitrogens with one attached hydrogen (secondary N) is 1. The molecule has 2 aromatic rings. The average molecular weight is 417 g/mol. The van der Waals surface area contributed by atoms with Crippen LogP contribution >= 0.6 is 11.6 Å². The van der Waals surface area contributed by atoms with Crippen molar-refractivity contribution in [2.45, 2.75) is 26.3 Å². The Morgan fingerprint density at radius 1 is 1.07 bits per heavy atom. The van der Waals surface area contributed by atoms with Gasteiger partial charge < -0.3 is 15.3 Å². The predicted molar refractivity (Wildman–Crippen MR) is 112 cm³/mol. The summed E-state index contributed by atoms with van der Waals surface area (Å²) in [6.45, 7) is 3.86. The van der Waals surface area contributed by atoms with Crippen LogP contribution < -0.4 is 5.32 Å². The standard InChI is InChI=1S/C22H25ClN2O4/c1-3-25(14-15(2)22(28)29)20(26)13-19(16-9-5-4-6-10-16)24-21(27)17-11-7-8-12-18(17)23/h4-12,15,19H,3,13-14H2,1-2H3,(H,24,27)(H,28,29). The molecule has 2 N–H and O–H groups in total. The van der Waals surface area contributed by atoms with Gasteiger partial charge >= 0.3 is 5.97 Å². The van der Waals surface area contributed by atoms with E-state index < -0.39 is 17.9 Å². The van der Waals surface area contributed by atoms with Crippen LogP contribution in [-0.2, 0) is 9.59 Å². The number of aliphatic carboxylic acids is 1. The number of carbonyl (C=O) groups excluding carboxylic acids is 2. The van der Waals surface area contributed by atoms with Crippen molar-refractivity contribution in [1.29, 1.82) is 0 Å². The first-order valence-corrected chi connectivity index (χ1v) is 9.82. The molecular weight excluding hydrogens is 392 g/mol. The molecule has 0 radical (unpaired) electrons. The maximum Gasteiger partial charge on any atom is 0.308 e. The lowest BCUT2D eigenvalue weighted by Gasteiger charge is -2.26. The van der Waals surface area contributed by atoms with E-state index >= 15 is 0 Å².